The van der Waals surface area contributed by atoms with Gasteiger partial charge in [-0.05, 0) is 26.0 Å². The number of aliphatic carboxylic acids is 1. The summed E-state index contributed by atoms with van der Waals surface area (Å²) in [4.78, 5) is 24.0. The van der Waals surface area contributed by atoms with Crippen LogP contribution in [0.15, 0.2) is 18.2 Å². The summed E-state index contributed by atoms with van der Waals surface area (Å²) in [5.74, 6) is -4.06. The van der Waals surface area contributed by atoms with Crippen LogP contribution >= 0.6 is 0 Å². The van der Waals surface area contributed by atoms with Crippen LogP contribution in [-0.2, 0) is 15.1 Å². The van der Waals surface area contributed by atoms with Crippen molar-refractivity contribution < 1.29 is 23.5 Å². The maximum absolute atomic E-state index is 13.8. The van der Waals surface area contributed by atoms with Crippen molar-refractivity contribution in [1.29, 1.82) is 0 Å². The summed E-state index contributed by atoms with van der Waals surface area (Å²) in [6.07, 6.45) is 0. The molecule has 19 heavy (non-hydrogen) atoms. The number of hydrogen-bond acceptors (Lipinski definition) is 2. The number of carbonyl (C=O) groups excluding carboxylic acids is 1. The van der Waals surface area contributed by atoms with E-state index in [0.717, 1.165) is 36.9 Å². The molecule has 1 aromatic carbocycles. The van der Waals surface area contributed by atoms with Gasteiger partial charge in [-0.15, -0.1) is 0 Å². The van der Waals surface area contributed by atoms with E-state index in [-0.39, 0.29) is 6.54 Å². The van der Waals surface area contributed by atoms with Gasteiger partial charge in [-0.25, -0.2) is 13.6 Å². The number of hydrogen-bond donors (Lipinski definition) is 1. The summed E-state index contributed by atoms with van der Waals surface area (Å²) in [6, 6.07) is 3.07. The molecule has 0 saturated heterocycles. The number of benzene rings is 1. The summed E-state index contributed by atoms with van der Waals surface area (Å²) in [5.41, 5.74) is -2.73. The molecule has 1 atom stereocenters. The van der Waals surface area contributed by atoms with E-state index < -0.39 is 34.6 Å². The zero-order chi connectivity index (χ0) is 14.8. The molecule has 1 amide bonds. The molecule has 0 aliphatic heterocycles. The highest BCUT2D eigenvalue weighted by Gasteiger charge is 2.46. The fourth-order valence-corrected chi connectivity index (χ4v) is 2.17. The lowest BCUT2D eigenvalue weighted by Gasteiger charge is -2.37. The summed E-state index contributed by atoms with van der Waals surface area (Å²) in [6.45, 7) is 3.83. The van der Waals surface area contributed by atoms with E-state index >= 15 is 0 Å². The van der Waals surface area contributed by atoms with Gasteiger partial charge in [0.25, 0.3) is 0 Å². The van der Waals surface area contributed by atoms with E-state index in [9.17, 15) is 23.5 Å². The first kappa shape index (κ1) is 15.1. The third-order valence-electron chi connectivity index (χ3n) is 3.10. The van der Waals surface area contributed by atoms with Crippen molar-refractivity contribution in [3.05, 3.63) is 35.4 Å². The van der Waals surface area contributed by atoms with Crippen molar-refractivity contribution >= 4 is 11.9 Å². The fourth-order valence-electron chi connectivity index (χ4n) is 2.17. The van der Waals surface area contributed by atoms with Gasteiger partial charge in [0, 0.05) is 13.5 Å². The van der Waals surface area contributed by atoms with Crippen LogP contribution in [0.4, 0.5) is 8.78 Å². The Labute approximate surface area is 109 Å². The van der Waals surface area contributed by atoms with Gasteiger partial charge in [-0.1, -0.05) is 6.07 Å². The zero-order valence-corrected chi connectivity index (χ0v) is 10.9. The second-order valence-electron chi connectivity index (χ2n) is 4.24. The topological polar surface area (TPSA) is 57.6 Å². The lowest BCUT2D eigenvalue weighted by Crippen LogP contribution is -2.52. The monoisotopic (exact) mass is 271 g/mol. The minimum absolute atomic E-state index is 0.0197. The second-order valence-corrected chi connectivity index (χ2v) is 4.24. The second kappa shape index (κ2) is 5.34. The molecule has 0 aliphatic carbocycles. The number of halogens is 2. The minimum atomic E-state index is -2.09. The van der Waals surface area contributed by atoms with Gasteiger partial charge in [0.15, 0.2) is 5.54 Å². The molecule has 0 bridgehead atoms. The smallest absolute Gasteiger partial charge is 0.334 e. The van der Waals surface area contributed by atoms with Gasteiger partial charge < -0.3 is 10.0 Å². The number of likely N-dealkylation sites (N-methyl/N-ethyl adjacent to an activating group) is 1. The molecule has 1 rings (SSSR count). The normalized spacial score (nSPS) is 13.7. The SMILES string of the molecule is CCN(C(C)=O)C(C)(C(=O)O)c1c(F)cccc1F. The van der Waals surface area contributed by atoms with Gasteiger partial charge >= 0.3 is 5.97 Å². The Kier molecular flexibility index (Phi) is 4.24. The molecule has 0 radical (unpaired) electrons. The first-order chi connectivity index (χ1) is 8.76. The molecule has 0 aromatic heterocycles. The molecule has 1 N–H and O–H groups in total. The molecule has 0 spiro atoms. The number of rotatable bonds is 4. The Hall–Kier alpha value is -1.98. The largest absolute Gasteiger partial charge is 0.479 e. The standard InChI is InChI=1S/C13H15F2NO3/c1-4-16(8(2)17)13(3,12(18)19)11-9(14)6-5-7-10(11)15/h5-7H,4H2,1-3H3,(H,18,19). The van der Waals surface area contributed by atoms with Crippen LogP contribution in [0, 0.1) is 11.6 Å². The summed E-state index contributed by atoms with van der Waals surface area (Å²) in [5, 5.41) is 9.36. The van der Waals surface area contributed by atoms with Crippen molar-refractivity contribution in [2.45, 2.75) is 26.3 Å². The Bertz CT molecular complexity index is 498. The average Bonchev–Trinajstić information content (AvgIpc) is 2.28. The molecule has 1 unspecified atom stereocenters. The van der Waals surface area contributed by atoms with Crippen molar-refractivity contribution in [1.82, 2.24) is 4.90 Å². The molecule has 104 valence electrons. The third kappa shape index (κ3) is 2.43. The highest BCUT2D eigenvalue weighted by atomic mass is 19.1. The Balaban J connectivity index is 3.59. The molecule has 0 heterocycles. The fraction of sp³-hybridized carbons (Fsp3) is 0.385. The predicted octanol–water partition coefficient (Wildman–Crippen LogP) is 2.13. The molecule has 4 nitrogen and oxygen atoms in total. The van der Waals surface area contributed by atoms with Gasteiger partial charge in [-0.2, -0.15) is 0 Å². The molecular formula is C13H15F2NO3. The van der Waals surface area contributed by atoms with Gasteiger partial charge in [-0.3, -0.25) is 4.79 Å². The zero-order valence-electron chi connectivity index (χ0n) is 10.9. The van der Waals surface area contributed by atoms with Gasteiger partial charge in [0.2, 0.25) is 5.91 Å². The predicted molar refractivity (Wildman–Crippen MR) is 64.4 cm³/mol. The van der Waals surface area contributed by atoms with E-state index in [1.165, 1.54) is 0 Å². The van der Waals surface area contributed by atoms with E-state index in [1.54, 1.807) is 6.92 Å². The van der Waals surface area contributed by atoms with Crippen LogP contribution < -0.4 is 0 Å². The number of amides is 1. The highest BCUT2D eigenvalue weighted by Crippen LogP contribution is 2.32. The Morgan fingerprint density at radius 3 is 2.11 bits per heavy atom. The number of nitrogens with zero attached hydrogens (tertiary/aromatic N) is 1. The summed E-state index contributed by atoms with van der Waals surface area (Å²) >= 11 is 0. The maximum atomic E-state index is 13.8. The van der Waals surface area contributed by atoms with Crippen molar-refractivity contribution in [3.63, 3.8) is 0 Å². The summed E-state index contributed by atoms with van der Waals surface area (Å²) in [7, 11) is 0. The van der Waals surface area contributed by atoms with Crippen molar-refractivity contribution in [3.8, 4) is 0 Å². The van der Waals surface area contributed by atoms with Gasteiger partial charge in [0.05, 0.1) is 5.56 Å². The number of carboxylic acid groups (broad SMARTS) is 1. The quantitative estimate of drug-likeness (QED) is 0.912. The Morgan fingerprint density at radius 1 is 1.32 bits per heavy atom. The first-order valence-electron chi connectivity index (χ1n) is 5.72. The molecule has 6 heteroatoms. The van der Waals surface area contributed by atoms with Crippen LogP contribution in [0.3, 0.4) is 0 Å². The van der Waals surface area contributed by atoms with Crippen LogP contribution in [-0.4, -0.2) is 28.4 Å². The maximum Gasteiger partial charge on any atom is 0.334 e. The molecule has 0 aliphatic rings. The van der Waals surface area contributed by atoms with Crippen molar-refractivity contribution in [2.24, 2.45) is 0 Å². The average molecular weight is 271 g/mol. The van der Waals surface area contributed by atoms with Crippen LogP contribution in [0.5, 0.6) is 0 Å². The molecular weight excluding hydrogens is 256 g/mol. The Morgan fingerprint density at radius 2 is 1.79 bits per heavy atom. The van der Waals surface area contributed by atoms with Crippen molar-refractivity contribution in [2.75, 3.05) is 6.54 Å². The lowest BCUT2D eigenvalue weighted by atomic mass is 9.88. The number of carbonyl (C=O) groups is 2. The molecule has 0 fully saturated rings. The minimum Gasteiger partial charge on any atom is -0.479 e. The molecule has 1 aromatic rings. The first-order valence-corrected chi connectivity index (χ1v) is 5.72. The van der Waals surface area contributed by atoms with Gasteiger partial charge in [0.1, 0.15) is 11.6 Å². The van der Waals surface area contributed by atoms with Crippen LogP contribution in [0.25, 0.3) is 0 Å². The third-order valence-corrected chi connectivity index (χ3v) is 3.10. The number of carboxylic acids is 1. The van der Waals surface area contributed by atoms with E-state index in [1.807, 2.05) is 0 Å². The molecule has 0 saturated carbocycles. The van der Waals surface area contributed by atoms with E-state index in [2.05, 4.69) is 0 Å². The van der Waals surface area contributed by atoms with E-state index in [0.29, 0.717) is 0 Å². The summed E-state index contributed by atoms with van der Waals surface area (Å²) < 4.78 is 27.6. The lowest BCUT2D eigenvalue weighted by molar-refractivity contribution is -0.158. The van der Waals surface area contributed by atoms with Crippen LogP contribution in [0.1, 0.15) is 26.3 Å². The van der Waals surface area contributed by atoms with Crippen LogP contribution in [0.2, 0.25) is 0 Å². The highest BCUT2D eigenvalue weighted by molar-refractivity contribution is 5.87. The van der Waals surface area contributed by atoms with E-state index in [4.69, 9.17) is 0 Å².